The van der Waals surface area contributed by atoms with Crippen LogP contribution in [0.15, 0.2) is 24.3 Å². The fraction of sp³-hybridized carbons (Fsp3) is 0.467. The second-order valence-electron chi connectivity index (χ2n) is 5.81. The molecular formula is C15H15F3N2O2. The number of carbonyl (C=O) groups excluding carboxylic acids is 2. The molecule has 0 unspecified atom stereocenters. The molecule has 1 N–H and O–H groups in total. The molecule has 1 spiro atoms. The maximum absolute atomic E-state index is 12.5. The summed E-state index contributed by atoms with van der Waals surface area (Å²) in [5.74, 6) is -0.269. The molecule has 0 bridgehead atoms. The maximum atomic E-state index is 12.5. The van der Waals surface area contributed by atoms with Crippen molar-refractivity contribution in [3.8, 4) is 0 Å². The first-order valence-electron chi connectivity index (χ1n) is 7.12. The number of amides is 3. The highest BCUT2D eigenvalue weighted by Gasteiger charge is 2.52. The van der Waals surface area contributed by atoms with Gasteiger partial charge in [0.25, 0.3) is 5.91 Å². The van der Waals surface area contributed by atoms with Crippen molar-refractivity contribution >= 4 is 11.9 Å². The average molecular weight is 312 g/mol. The molecule has 1 saturated carbocycles. The fourth-order valence-corrected chi connectivity index (χ4v) is 3.12. The molecule has 3 rings (SSSR count). The van der Waals surface area contributed by atoms with E-state index in [-0.39, 0.29) is 12.5 Å². The van der Waals surface area contributed by atoms with Crippen LogP contribution in [0.1, 0.15) is 36.8 Å². The molecule has 2 aliphatic rings. The Bertz CT molecular complexity index is 604. The van der Waals surface area contributed by atoms with E-state index in [1.165, 1.54) is 12.1 Å². The van der Waals surface area contributed by atoms with Gasteiger partial charge < -0.3 is 5.32 Å². The van der Waals surface area contributed by atoms with Gasteiger partial charge >= 0.3 is 12.2 Å². The molecule has 1 heterocycles. The molecular weight excluding hydrogens is 297 g/mol. The maximum Gasteiger partial charge on any atom is 0.416 e. The molecule has 7 heteroatoms. The van der Waals surface area contributed by atoms with Gasteiger partial charge in [-0.1, -0.05) is 25.0 Å². The standard InChI is InChI=1S/C15H15F3N2O2/c16-15(17,18)11-5-3-10(4-6-11)9-20-12(21)14(19-13(20)22)7-1-2-8-14/h3-6H,1-2,7-9H2,(H,19,22). The third kappa shape index (κ3) is 2.44. The number of hydrogen-bond acceptors (Lipinski definition) is 2. The predicted molar refractivity (Wildman–Crippen MR) is 71.7 cm³/mol. The normalized spacial score (nSPS) is 20.8. The zero-order valence-electron chi connectivity index (χ0n) is 11.7. The van der Waals surface area contributed by atoms with E-state index in [1.807, 2.05) is 0 Å². The van der Waals surface area contributed by atoms with Crippen LogP contribution >= 0.6 is 0 Å². The Morgan fingerprint density at radius 3 is 2.23 bits per heavy atom. The molecule has 1 aromatic rings. The lowest BCUT2D eigenvalue weighted by Crippen LogP contribution is -2.44. The largest absolute Gasteiger partial charge is 0.416 e. The van der Waals surface area contributed by atoms with Crippen LogP contribution in [-0.4, -0.2) is 22.4 Å². The lowest BCUT2D eigenvalue weighted by molar-refractivity contribution is -0.137. The molecule has 4 nitrogen and oxygen atoms in total. The first-order valence-corrected chi connectivity index (χ1v) is 7.12. The highest BCUT2D eigenvalue weighted by molar-refractivity contribution is 6.07. The van der Waals surface area contributed by atoms with Crippen LogP contribution in [0.4, 0.5) is 18.0 Å². The van der Waals surface area contributed by atoms with Crippen molar-refractivity contribution in [2.75, 3.05) is 0 Å². The lowest BCUT2D eigenvalue weighted by atomic mass is 9.98. The first kappa shape index (κ1) is 14.9. The fourth-order valence-electron chi connectivity index (χ4n) is 3.12. The Hall–Kier alpha value is -2.05. The Morgan fingerprint density at radius 1 is 1.09 bits per heavy atom. The lowest BCUT2D eigenvalue weighted by Gasteiger charge is -2.20. The van der Waals surface area contributed by atoms with Crippen molar-refractivity contribution < 1.29 is 22.8 Å². The minimum Gasteiger partial charge on any atom is -0.323 e. The number of halogens is 3. The van der Waals surface area contributed by atoms with E-state index < -0.39 is 23.3 Å². The quantitative estimate of drug-likeness (QED) is 0.853. The molecule has 2 fully saturated rings. The van der Waals surface area contributed by atoms with Crippen LogP contribution in [0.2, 0.25) is 0 Å². The van der Waals surface area contributed by atoms with Crippen LogP contribution in [0.5, 0.6) is 0 Å². The summed E-state index contributed by atoms with van der Waals surface area (Å²) in [4.78, 5) is 25.5. The Morgan fingerprint density at radius 2 is 1.68 bits per heavy atom. The molecule has 22 heavy (non-hydrogen) atoms. The van der Waals surface area contributed by atoms with E-state index in [0.717, 1.165) is 29.9 Å². The molecule has 1 saturated heterocycles. The number of urea groups is 1. The van der Waals surface area contributed by atoms with Gasteiger partial charge in [-0.05, 0) is 30.5 Å². The van der Waals surface area contributed by atoms with Gasteiger partial charge in [0.15, 0.2) is 0 Å². The summed E-state index contributed by atoms with van der Waals surface area (Å²) < 4.78 is 37.6. The highest BCUT2D eigenvalue weighted by Crippen LogP contribution is 2.35. The SMILES string of the molecule is O=C1NC2(CCCC2)C(=O)N1Cc1ccc(C(F)(F)F)cc1. The zero-order valence-corrected chi connectivity index (χ0v) is 11.7. The van der Waals surface area contributed by atoms with E-state index in [2.05, 4.69) is 5.32 Å². The number of nitrogens with zero attached hydrogens (tertiary/aromatic N) is 1. The summed E-state index contributed by atoms with van der Waals surface area (Å²) in [6.45, 7) is -0.00937. The molecule has 1 aliphatic carbocycles. The molecule has 118 valence electrons. The minimum atomic E-state index is -4.40. The summed E-state index contributed by atoms with van der Waals surface area (Å²) in [5.41, 5.74) is -1.05. The van der Waals surface area contributed by atoms with Crippen molar-refractivity contribution in [3.63, 3.8) is 0 Å². The van der Waals surface area contributed by atoms with Gasteiger partial charge in [-0.3, -0.25) is 9.69 Å². The van der Waals surface area contributed by atoms with Crippen LogP contribution < -0.4 is 5.32 Å². The number of carbonyl (C=O) groups is 2. The summed E-state index contributed by atoms with van der Waals surface area (Å²) in [6.07, 6.45) is -1.37. The van der Waals surface area contributed by atoms with Gasteiger partial charge in [0.05, 0.1) is 12.1 Å². The van der Waals surface area contributed by atoms with Crippen molar-refractivity contribution in [3.05, 3.63) is 35.4 Å². The average Bonchev–Trinajstić information content (AvgIpc) is 3.00. The monoisotopic (exact) mass is 312 g/mol. The van der Waals surface area contributed by atoms with Crippen molar-refractivity contribution in [1.29, 1.82) is 0 Å². The summed E-state index contributed by atoms with van der Waals surface area (Å²) in [5, 5.41) is 2.74. The van der Waals surface area contributed by atoms with Crippen LogP contribution in [0, 0.1) is 0 Å². The smallest absolute Gasteiger partial charge is 0.323 e. The predicted octanol–water partition coefficient (Wildman–Crippen LogP) is 3.07. The zero-order chi connectivity index (χ0) is 16.0. The van der Waals surface area contributed by atoms with Crippen LogP contribution in [0.25, 0.3) is 0 Å². The Labute approximate surface area is 125 Å². The van der Waals surface area contributed by atoms with Crippen LogP contribution in [-0.2, 0) is 17.5 Å². The van der Waals surface area contributed by atoms with Gasteiger partial charge in [0, 0.05) is 0 Å². The van der Waals surface area contributed by atoms with Gasteiger partial charge in [-0.2, -0.15) is 13.2 Å². The van der Waals surface area contributed by atoms with Crippen molar-refractivity contribution in [2.24, 2.45) is 0 Å². The molecule has 0 atom stereocenters. The molecule has 1 aliphatic heterocycles. The third-order valence-corrected chi connectivity index (χ3v) is 4.32. The van der Waals surface area contributed by atoms with E-state index >= 15 is 0 Å². The molecule has 0 radical (unpaired) electrons. The highest BCUT2D eigenvalue weighted by atomic mass is 19.4. The second-order valence-corrected chi connectivity index (χ2v) is 5.81. The van der Waals surface area contributed by atoms with E-state index in [0.29, 0.717) is 18.4 Å². The summed E-state index contributed by atoms with van der Waals surface area (Å²) >= 11 is 0. The number of imide groups is 1. The van der Waals surface area contributed by atoms with E-state index in [1.54, 1.807) is 0 Å². The van der Waals surface area contributed by atoms with Crippen LogP contribution in [0.3, 0.4) is 0 Å². The summed E-state index contributed by atoms with van der Waals surface area (Å²) in [6, 6.07) is 4.04. The number of hydrogen-bond donors (Lipinski definition) is 1. The van der Waals surface area contributed by atoms with E-state index in [9.17, 15) is 22.8 Å². The Balaban J connectivity index is 1.76. The van der Waals surface area contributed by atoms with Crippen molar-refractivity contribution in [2.45, 2.75) is 43.9 Å². The van der Waals surface area contributed by atoms with E-state index in [4.69, 9.17) is 0 Å². The first-order chi connectivity index (χ1) is 10.3. The number of benzene rings is 1. The van der Waals surface area contributed by atoms with Gasteiger partial charge in [0.1, 0.15) is 5.54 Å². The van der Waals surface area contributed by atoms with Crippen molar-refractivity contribution in [1.82, 2.24) is 10.2 Å². The number of alkyl halides is 3. The molecule has 0 aromatic heterocycles. The Kier molecular flexibility index (Phi) is 3.38. The topological polar surface area (TPSA) is 49.4 Å². The third-order valence-electron chi connectivity index (χ3n) is 4.32. The number of rotatable bonds is 2. The molecule has 1 aromatic carbocycles. The minimum absolute atomic E-state index is 0.00937. The van der Waals surface area contributed by atoms with Gasteiger partial charge in [0.2, 0.25) is 0 Å². The van der Waals surface area contributed by atoms with Gasteiger partial charge in [-0.25, -0.2) is 4.79 Å². The number of nitrogens with one attached hydrogen (secondary N) is 1. The molecule has 3 amide bonds. The second kappa shape index (κ2) is 5.00. The summed E-state index contributed by atoms with van der Waals surface area (Å²) in [7, 11) is 0. The van der Waals surface area contributed by atoms with Gasteiger partial charge in [-0.15, -0.1) is 0 Å².